The monoisotopic (exact) mass is 536 g/mol. The molecule has 0 radical (unpaired) electrons. The summed E-state index contributed by atoms with van der Waals surface area (Å²) in [6, 6.07) is 16.1. The molecule has 3 aromatic rings. The number of fused-ring (bicyclic) bond motifs is 2. The van der Waals surface area contributed by atoms with Gasteiger partial charge < -0.3 is 14.7 Å². The number of anilines is 1. The van der Waals surface area contributed by atoms with Gasteiger partial charge in [0, 0.05) is 19.2 Å². The highest BCUT2D eigenvalue weighted by Crippen LogP contribution is 2.43. The molecule has 3 aromatic carbocycles. The highest BCUT2D eigenvalue weighted by molar-refractivity contribution is 7.93. The van der Waals surface area contributed by atoms with Crippen molar-refractivity contribution in [3.05, 3.63) is 83.9 Å². The summed E-state index contributed by atoms with van der Waals surface area (Å²) < 4.78 is 61.7. The summed E-state index contributed by atoms with van der Waals surface area (Å²) >= 11 is 0. The number of piperidine rings is 1. The van der Waals surface area contributed by atoms with Crippen LogP contribution in [0.4, 0.5) is 14.5 Å². The van der Waals surface area contributed by atoms with Gasteiger partial charge in [0.25, 0.3) is 10.0 Å². The minimum atomic E-state index is -3.96. The Bertz CT molecular complexity index is 1320. The highest BCUT2D eigenvalue weighted by Gasteiger charge is 2.36. The highest BCUT2D eigenvalue weighted by atomic mass is 35.5. The number of sulfonamides is 1. The third-order valence-corrected chi connectivity index (χ3v) is 8.46. The van der Waals surface area contributed by atoms with Gasteiger partial charge in [-0.05, 0) is 73.8 Å². The minimum absolute atomic E-state index is 0. The number of β-amino-alcohol motifs (C(OH)–C–C–N with tert-alkyl or cyclic N) is 1. The maximum absolute atomic E-state index is 14.2. The van der Waals surface area contributed by atoms with Crippen LogP contribution in [0.15, 0.2) is 71.6 Å². The summed E-state index contributed by atoms with van der Waals surface area (Å²) in [5.74, 6) is -0.333. The van der Waals surface area contributed by atoms with E-state index in [0.29, 0.717) is 30.9 Å². The first-order valence-corrected chi connectivity index (χ1v) is 13.0. The number of ether oxygens (including phenoxy) is 1. The van der Waals surface area contributed by atoms with Crippen LogP contribution in [0.25, 0.3) is 0 Å². The number of para-hydroxylation sites is 1. The maximum Gasteiger partial charge on any atom is 0.268 e. The molecule has 6 nitrogen and oxygen atoms in total. The number of benzene rings is 3. The Balaban J connectivity index is 0.00000304. The summed E-state index contributed by atoms with van der Waals surface area (Å²) in [7, 11) is -3.96. The maximum atomic E-state index is 14.2. The van der Waals surface area contributed by atoms with Gasteiger partial charge in [-0.1, -0.05) is 24.3 Å². The molecule has 5 rings (SSSR count). The molecule has 2 aliphatic rings. The van der Waals surface area contributed by atoms with E-state index in [0.717, 1.165) is 12.8 Å². The van der Waals surface area contributed by atoms with Crippen LogP contribution in [0.1, 0.15) is 24.5 Å². The van der Waals surface area contributed by atoms with Gasteiger partial charge in [0.15, 0.2) is 5.75 Å². The number of rotatable bonds is 5. The largest absolute Gasteiger partial charge is 0.454 e. The van der Waals surface area contributed by atoms with E-state index in [1.54, 1.807) is 30.3 Å². The van der Waals surface area contributed by atoms with E-state index in [-0.39, 0.29) is 47.0 Å². The third-order valence-electron chi connectivity index (χ3n) is 6.64. The Morgan fingerprint density at radius 2 is 1.61 bits per heavy atom. The van der Waals surface area contributed by atoms with Crippen molar-refractivity contribution in [1.29, 1.82) is 0 Å². The van der Waals surface area contributed by atoms with Crippen LogP contribution < -0.4 is 9.04 Å². The molecule has 2 heterocycles. The minimum Gasteiger partial charge on any atom is -0.454 e. The van der Waals surface area contributed by atoms with Crippen LogP contribution in [-0.4, -0.2) is 44.6 Å². The molecule has 0 bridgehead atoms. The van der Waals surface area contributed by atoms with Crippen molar-refractivity contribution in [2.45, 2.75) is 23.8 Å². The fourth-order valence-electron chi connectivity index (χ4n) is 4.70. The van der Waals surface area contributed by atoms with Crippen LogP contribution in [0, 0.1) is 17.6 Å². The molecule has 36 heavy (non-hydrogen) atoms. The summed E-state index contributed by atoms with van der Waals surface area (Å²) in [6.45, 7) is 1.97. The molecule has 1 fully saturated rings. The van der Waals surface area contributed by atoms with Crippen molar-refractivity contribution in [1.82, 2.24) is 4.90 Å². The van der Waals surface area contributed by atoms with Gasteiger partial charge >= 0.3 is 0 Å². The van der Waals surface area contributed by atoms with Crippen molar-refractivity contribution >= 4 is 28.1 Å². The van der Waals surface area contributed by atoms with Crippen LogP contribution in [0.5, 0.6) is 11.5 Å². The average molecular weight is 537 g/mol. The fourth-order valence-corrected chi connectivity index (χ4v) is 6.36. The number of hydrogen-bond donors (Lipinski definition) is 1. The average Bonchev–Trinajstić information content (AvgIpc) is 2.93. The molecule has 192 valence electrons. The Morgan fingerprint density at radius 3 is 2.33 bits per heavy atom. The first-order chi connectivity index (χ1) is 16.8. The van der Waals surface area contributed by atoms with Crippen molar-refractivity contribution in [2.75, 3.05) is 30.5 Å². The Hall–Kier alpha value is -2.72. The van der Waals surface area contributed by atoms with Crippen LogP contribution in [-0.2, 0) is 10.0 Å². The van der Waals surface area contributed by atoms with Crippen molar-refractivity contribution < 1.29 is 27.0 Å². The fraction of sp³-hybridized carbons (Fsp3) is 0.308. The molecule has 0 amide bonds. The Morgan fingerprint density at radius 1 is 0.944 bits per heavy atom. The molecular weight excluding hydrogens is 510 g/mol. The molecule has 0 aliphatic carbocycles. The second kappa shape index (κ2) is 10.7. The molecule has 0 saturated carbocycles. The molecule has 2 aliphatic heterocycles. The molecule has 1 saturated heterocycles. The zero-order chi connectivity index (χ0) is 24.6. The zero-order valence-electron chi connectivity index (χ0n) is 19.4. The van der Waals surface area contributed by atoms with Gasteiger partial charge in [-0.15, -0.1) is 12.4 Å². The van der Waals surface area contributed by atoms with Crippen LogP contribution in [0.3, 0.4) is 0 Å². The summed E-state index contributed by atoms with van der Waals surface area (Å²) in [5.41, 5.74) is 0.844. The molecule has 1 atom stereocenters. The van der Waals surface area contributed by atoms with Gasteiger partial charge in [-0.3, -0.25) is 4.31 Å². The number of aliphatic hydroxyl groups excluding tert-OH is 1. The van der Waals surface area contributed by atoms with E-state index in [2.05, 4.69) is 4.90 Å². The number of aliphatic hydroxyl groups is 1. The summed E-state index contributed by atoms with van der Waals surface area (Å²) in [6.07, 6.45) is 0.701. The van der Waals surface area contributed by atoms with Gasteiger partial charge in [-0.25, -0.2) is 17.2 Å². The predicted octanol–water partition coefficient (Wildman–Crippen LogP) is 5.13. The van der Waals surface area contributed by atoms with E-state index < -0.39 is 21.9 Å². The van der Waals surface area contributed by atoms with E-state index in [1.165, 1.54) is 40.7 Å². The first kappa shape index (κ1) is 26.3. The van der Waals surface area contributed by atoms with Crippen LogP contribution >= 0.6 is 12.4 Å². The SMILES string of the molecule is Cl.O=S1(=O)c2ccccc2Oc2ccc(F)cc2N1CC1CCN(C[C@H](O)c2ccc(F)cc2)CC1. The molecule has 0 aromatic heterocycles. The number of nitrogens with zero attached hydrogens (tertiary/aromatic N) is 2. The van der Waals surface area contributed by atoms with E-state index in [1.807, 2.05) is 0 Å². The number of hydrogen-bond acceptors (Lipinski definition) is 5. The Labute approximate surface area is 215 Å². The van der Waals surface area contributed by atoms with Gasteiger partial charge in [0.05, 0.1) is 11.8 Å². The second-order valence-electron chi connectivity index (χ2n) is 9.01. The number of halogens is 3. The van der Waals surface area contributed by atoms with Crippen LogP contribution in [0.2, 0.25) is 0 Å². The molecule has 10 heteroatoms. The smallest absolute Gasteiger partial charge is 0.268 e. The van der Waals surface area contributed by atoms with E-state index in [4.69, 9.17) is 4.74 Å². The zero-order valence-corrected chi connectivity index (χ0v) is 21.0. The summed E-state index contributed by atoms with van der Waals surface area (Å²) in [5, 5.41) is 10.5. The normalized spacial score (nSPS) is 18.2. The van der Waals surface area contributed by atoms with E-state index >= 15 is 0 Å². The number of likely N-dealkylation sites (tertiary alicyclic amines) is 1. The second-order valence-corrected chi connectivity index (χ2v) is 10.8. The van der Waals surface area contributed by atoms with E-state index in [9.17, 15) is 22.3 Å². The quantitative estimate of drug-likeness (QED) is 0.489. The third kappa shape index (κ3) is 5.34. The lowest BCUT2D eigenvalue weighted by Gasteiger charge is -2.35. The summed E-state index contributed by atoms with van der Waals surface area (Å²) in [4.78, 5) is 2.17. The first-order valence-electron chi connectivity index (χ1n) is 11.6. The lowest BCUT2D eigenvalue weighted by molar-refractivity contribution is 0.0904. The Kier molecular flexibility index (Phi) is 7.85. The van der Waals surface area contributed by atoms with Gasteiger partial charge in [0.2, 0.25) is 0 Å². The van der Waals surface area contributed by atoms with Crippen molar-refractivity contribution in [2.24, 2.45) is 5.92 Å². The van der Waals surface area contributed by atoms with Gasteiger partial charge in [-0.2, -0.15) is 0 Å². The molecular formula is C26H27ClF2N2O4S. The lowest BCUT2D eigenvalue weighted by Crippen LogP contribution is -2.42. The lowest BCUT2D eigenvalue weighted by atomic mass is 9.96. The molecule has 0 unspecified atom stereocenters. The molecule has 0 spiro atoms. The van der Waals surface area contributed by atoms with Gasteiger partial charge in [0.1, 0.15) is 22.3 Å². The van der Waals surface area contributed by atoms with Crippen molar-refractivity contribution in [3.63, 3.8) is 0 Å². The molecule has 1 N–H and O–H groups in total. The predicted molar refractivity (Wildman–Crippen MR) is 135 cm³/mol. The topological polar surface area (TPSA) is 70.1 Å². The standard InChI is InChI=1S/C26H26F2N2O4S.ClH/c27-20-7-5-19(6-8-20)23(31)17-29-13-11-18(12-14-29)16-30-22-15-21(28)9-10-24(22)34-25-3-1-2-4-26(25)35(30,32)33;/h1-10,15,18,23,31H,11-14,16-17H2;1H/t23-;/m0./s1. The van der Waals surface area contributed by atoms with Crippen molar-refractivity contribution in [3.8, 4) is 11.5 Å².